The highest BCUT2D eigenvalue weighted by Gasteiger charge is 2.23. The van der Waals surface area contributed by atoms with Gasteiger partial charge in [-0.15, -0.1) is 0 Å². The van der Waals surface area contributed by atoms with E-state index >= 15 is 0 Å². The lowest BCUT2D eigenvalue weighted by Crippen LogP contribution is -2.24. The summed E-state index contributed by atoms with van der Waals surface area (Å²) < 4.78 is 10.5. The molecule has 2 N–H and O–H groups in total. The molecule has 13 heavy (non-hydrogen) atoms. The van der Waals surface area contributed by atoms with E-state index in [1.54, 1.807) is 7.11 Å². The third kappa shape index (κ3) is 4.04. The topological polar surface area (TPSA) is 50.7 Å². The number of ether oxygens (including phenoxy) is 2. The smallest absolute Gasteiger partial charge is 0.0715 e. The van der Waals surface area contributed by atoms with Gasteiger partial charge in [0.05, 0.1) is 12.7 Å². The highest BCUT2D eigenvalue weighted by molar-refractivity contribution is 4.81. The van der Waals surface area contributed by atoms with Gasteiger partial charge in [-0.25, -0.2) is 0 Å². The number of rotatable bonds is 6. The van der Waals surface area contributed by atoms with Gasteiger partial charge in [0.1, 0.15) is 0 Å². The minimum Gasteiger partial charge on any atom is -0.395 e. The first-order chi connectivity index (χ1) is 6.36. The number of methoxy groups -OCH3 is 1. The molecule has 1 aliphatic heterocycles. The van der Waals surface area contributed by atoms with E-state index in [9.17, 15) is 0 Å². The summed E-state index contributed by atoms with van der Waals surface area (Å²) in [6.45, 7) is 2.57. The Hall–Kier alpha value is -0.160. The van der Waals surface area contributed by atoms with Crippen LogP contribution in [-0.4, -0.2) is 50.7 Å². The molecular weight excluding hydrogens is 170 g/mol. The van der Waals surface area contributed by atoms with Crippen LogP contribution in [0.1, 0.15) is 12.8 Å². The highest BCUT2D eigenvalue weighted by atomic mass is 16.5. The summed E-state index contributed by atoms with van der Waals surface area (Å²) in [4.78, 5) is 0. The molecule has 0 amide bonds. The average molecular weight is 189 g/mol. The van der Waals surface area contributed by atoms with Crippen molar-refractivity contribution in [3.05, 3.63) is 0 Å². The zero-order chi connectivity index (χ0) is 9.52. The summed E-state index contributed by atoms with van der Waals surface area (Å²) in [5.41, 5.74) is 0. The van der Waals surface area contributed by atoms with Crippen LogP contribution in [0.3, 0.4) is 0 Å². The number of aliphatic hydroxyl groups is 1. The van der Waals surface area contributed by atoms with Crippen LogP contribution in [0.2, 0.25) is 0 Å². The van der Waals surface area contributed by atoms with Gasteiger partial charge in [-0.3, -0.25) is 0 Å². The summed E-state index contributed by atoms with van der Waals surface area (Å²) in [5.74, 6) is 0. The van der Waals surface area contributed by atoms with E-state index in [0.29, 0.717) is 0 Å². The summed E-state index contributed by atoms with van der Waals surface area (Å²) in [7, 11) is 1.69. The van der Waals surface area contributed by atoms with Gasteiger partial charge >= 0.3 is 0 Å². The van der Waals surface area contributed by atoms with Crippen LogP contribution in [0.5, 0.6) is 0 Å². The average Bonchev–Trinajstić information content (AvgIpc) is 2.60. The van der Waals surface area contributed by atoms with E-state index in [4.69, 9.17) is 14.6 Å². The monoisotopic (exact) mass is 189 g/mol. The Morgan fingerprint density at radius 3 is 2.92 bits per heavy atom. The van der Waals surface area contributed by atoms with Gasteiger partial charge in [-0.05, 0) is 12.8 Å². The third-order valence-electron chi connectivity index (χ3n) is 2.25. The van der Waals surface area contributed by atoms with E-state index in [1.807, 2.05) is 0 Å². The summed E-state index contributed by atoms with van der Waals surface area (Å²) in [6, 6.07) is 0.229. The summed E-state index contributed by atoms with van der Waals surface area (Å²) >= 11 is 0. The maximum Gasteiger partial charge on any atom is 0.0715 e. The van der Waals surface area contributed by atoms with Crippen molar-refractivity contribution in [2.45, 2.75) is 25.0 Å². The molecule has 0 aromatic heterocycles. The van der Waals surface area contributed by atoms with E-state index < -0.39 is 0 Å². The zero-order valence-corrected chi connectivity index (χ0v) is 8.16. The molecule has 1 rings (SSSR count). The van der Waals surface area contributed by atoms with Crippen LogP contribution >= 0.6 is 0 Å². The SMILES string of the molecule is COCCCO[C@H]1CN[C@@H](CO)C1. The molecule has 0 saturated carbocycles. The molecule has 1 aliphatic rings. The molecule has 4 nitrogen and oxygen atoms in total. The standard InChI is InChI=1S/C9H19NO3/c1-12-3-2-4-13-9-5-8(7-11)10-6-9/h8-11H,2-7H2,1H3/t8-,9-/m1/s1. The van der Waals surface area contributed by atoms with Crippen LogP contribution < -0.4 is 5.32 Å². The number of hydrogen-bond acceptors (Lipinski definition) is 4. The van der Waals surface area contributed by atoms with Crippen LogP contribution in [0.4, 0.5) is 0 Å². The van der Waals surface area contributed by atoms with Crippen molar-refractivity contribution in [2.75, 3.05) is 33.5 Å². The minimum absolute atomic E-state index is 0.206. The Bertz CT molecular complexity index is 132. The van der Waals surface area contributed by atoms with Crippen molar-refractivity contribution in [1.82, 2.24) is 5.32 Å². The molecular formula is C9H19NO3. The van der Waals surface area contributed by atoms with Gasteiger partial charge in [0, 0.05) is 32.9 Å². The number of nitrogens with one attached hydrogen (secondary N) is 1. The van der Waals surface area contributed by atoms with Gasteiger partial charge in [-0.2, -0.15) is 0 Å². The summed E-state index contributed by atoms with van der Waals surface area (Å²) in [5, 5.41) is 12.0. The zero-order valence-electron chi connectivity index (χ0n) is 8.16. The van der Waals surface area contributed by atoms with Crippen LogP contribution in [0.25, 0.3) is 0 Å². The second kappa shape index (κ2) is 6.32. The van der Waals surface area contributed by atoms with Gasteiger partial charge < -0.3 is 19.9 Å². The van der Waals surface area contributed by atoms with Gasteiger partial charge in [0.15, 0.2) is 0 Å². The first-order valence-electron chi connectivity index (χ1n) is 4.81. The second-order valence-corrected chi connectivity index (χ2v) is 3.36. The molecule has 0 aliphatic carbocycles. The molecule has 0 radical (unpaired) electrons. The third-order valence-corrected chi connectivity index (χ3v) is 2.25. The fourth-order valence-corrected chi connectivity index (χ4v) is 1.50. The van der Waals surface area contributed by atoms with E-state index in [-0.39, 0.29) is 18.8 Å². The Labute approximate surface area is 79.2 Å². The predicted octanol–water partition coefficient (Wildman–Crippen LogP) is -0.238. The van der Waals surface area contributed by atoms with Crippen molar-refractivity contribution in [1.29, 1.82) is 0 Å². The predicted molar refractivity (Wildman–Crippen MR) is 49.7 cm³/mol. The molecule has 0 aromatic rings. The quantitative estimate of drug-likeness (QED) is 0.566. The van der Waals surface area contributed by atoms with E-state index in [2.05, 4.69) is 5.32 Å². The molecule has 2 atom stereocenters. The molecule has 1 heterocycles. The number of aliphatic hydroxyl groups excluding tert-OH is 1. The summed E-state index contributed by atoms with van der Waals surface area (Å²) in [6.07, 6.45) is 2.13. The molecule has 4 heteroatoms. The van der Waals surface area contributed by atoms with Crippen LogP contribution in [0.15, 0.2) is 0 Å². The lowest BCUT2D eigenvalue weighted by atomic mass is 10.2. The van der Waals surface area contributed by atoms with Crippen LogP contribution in [0, 0.1) is 0 Å². The molecule has 1 saturated heterocycles. The first kappa shape index (κ1) is 10.9. The van der Waals surface area contributed by atoms with Gasteiger partial charge in [0.25, 0.3) is 0 Å². The van der Waals surface area contributed by atoms with Crippen molar-refractivity contribution in [2.24, 2.45) is 0 Å². The molecule has 0 unspecified atom stereocenters. The first-order valence-corrected chi connectivity index (χ1v) is 4.81. The van der Waals surface area contributed by atoms with Gasteiger partial charge in [-0.1, -0.05) is 0 Å². The Morgan fingerprint density at radius 2 is 2.31 bits per heavy atom. The molecule has 0 spiro atoms. The van der Waals surface area contributed by atoms with Crippen molar-refractivity contribution < 1.29 is 14.6 Å². The van der Waals surface area contributed by atoms with E-state index in [1.165, 1.54) is 0 Å². The largest absolute Gasteiger partial charge is 0.395 e. The lowest BCUT2D eigenvalue weighted by Gasteiger charge is -2.10. The molecule has 78 valence electrons. The van der Waals surface area contributed by atoms with Crippen molar-refractivity contribution >= 4 is 0 Å². The maximum atomic E-state index is 8.86. The molecule has 1 fully saturated rings. The molecule has 0 aromatic carbocycles. The fraction of sp³-hybridized carbons (Fsp3) is 1.00. The lowest BCUT2D eigenvalue weighted by molar-refractivity contribution is 0.0487. The van der Waals surface area contributed by atoms with Gasteiger partial charge in [0.2, 0.25) is 0 Å². The second-order valence-electron chi connectivity index (χ2n) is 3.36. The Morgan fingerprint density at radius 1 is 1.46 bits per heavy atom. The fourth-order valence-electron chi connectivity index (χ4n) is 1.50. The van der Waals surface area contributed by atoms with Crippen molar-refractivity contribution in [3.63, 3.8) is 0 Å². The normalized spacial score (nSPS) is 28.2. The molecule has 0 bridgehead atoms. The van der Waals surface area contributed by atoms with E-state index in [0.717, 1.165) is 32.6 Å². The highest BCUT2D eigenvalue weighted by Crippen LogP contribution is 2.09. The van der Waals surface area contributed by atoms with Crippen LogP contribution in [-0.2, 0) is 9.47 Å². The Balaban J connectivity index is 1.97. The Kier molecular flexibility index (Phi) is 5.31. The number of hydrogen-bond donors (Lipinski definition) is 2. The minimum atomic E-state index is 0.206. The maximum absolute atomic E-state index is 8.86. The van der Waals surface area contributed by atoms with Crippen molar-refractivity contribution in [3.8, 4) is 0 Å².